The lowest BCUT2D eigenvalue weighted by atomic mass is 9.85. The van der Waals surface area contributed by atoms with E-state index in [9.17, 15) is 18.3 Å². The van der Waals surface area contributed by atoms with Crippen molar-refractivity contribution in [3.05, 3.63) is 112 Å². The van der Waals surface area contributed by atoms with Crippen LogP contribution in [0.1, 0.15) is 46.8 Å². The highest BCUT2D eigenvalue weighted by Gasteiger charge is 2.30. The van der Waals surface area contributed by atoms with Crippen molar-refractivity contribution in [2.45, 2.75) is 56.6 Å². The quantitative estimate of drug-likeness (QED) is 0.182. The summed E-state index contributed by atoms with van der Waals surface area (Å²) in [6, 6.07) is 20.0. The number of methoxy groups -OCH3 is 2. The van der Waals surface area contributed by atoms with Crippen molar-refractivity contribution >= 4 is 27.5 Å². The molecule has 0 radical (unpaired) electrons. The summed E-state index contributed by atoms with van der Waals surface area (Å²) in [6.07, 6.45) is 6.25. The van der Waals surface area contributed by atoms with E-state index in [2.05, 4.69) is 29.0 Å². The van der Waals surface area contributed by atoms with Crippen molar-refractivity contribution in [1.82, 2.24) is 9.29 Å². The molecule has 0 fully saturated rings. The van der Waals surface area contributed by atoms with Crippen LogP contribution in [0.25, 0.3) is 0 Å². The number of amides is 1. The summed E-state index contributed by atoms with van der Waals surface area (Å²) in [5.74, 6) is 1.01. The van der Waals surface area contributed by atoms with Crippen molar-refractivity contribution in [3.63, 3.8) is 0 Å². The van der Waals surface area contributed by atoms with Crippen LogP contribution in [0.5, 0.6) is 11.5 Å². The minimum atomic E-state index is -4.01. The zero-order valence-corrected chi connectivity index (χ0v) is 27.3. The van der Waals surface area contributed by atoms with Crippen LogP contribution >= 0.6 is 11.6 Å². The summed E-state index contributed by atoms with van der Waals surface area (Å²) in [5, 5.41) is 12.1. The maximum atomic E-state index is 12.6. The lowest BCUT2D eigenvalue weighted by Gasteiger charge is -2.27. The molecule has 1 aromatic heterocycles. The Bertz CT molecular complexity index is 1720. The number of fused-ring (bicyclic) bond motifs is 1. The molecule has 2 atom stereocenters. The summed E-state index contributed by atoms with van der Waals surface area (Å²) < 4.78 is 40.5. The minimum absolute atomic E-state index is 0.000842. The van der Waals surface area contributed by atoms with Crippen molar-refractivity contribution < 1.29 is 27.8 Å². The van der Waals surface area contributed by atoms with Gasteiger partial charge in [0.1, 0.15) is 11.5 Å². The van der Waals surface area contributed by atoms with Crippen LogP contribution in [0.3, 0.4) is 0 Å². The minimum Gasteiger partial charge on any atom is -0.496 e. The third-order valence-electron chi connectivity index (χ3n) is 8.59. The third kappa shape index (κ3) is 7.90. The zero-order chi connectivity index (χ0) is 32.1. The van der Waals surface area contributed by atoms with Gasteiger partial charge in [-0.2, -0.15) is 0 Å². The van der Waals surface area contributed by atoms with Crippen LogP contribution in [0.4, 0.5) is 0 Å². The van der Waals surface area contributed by atoms with Crippen LogP contribution in [0.2, 0.25) is 5.02 Å². The molecule has 10 heteroatoms. The number of carbonyl (C=O) groups excluding carboxylic acids is 1. The predicted molar refractivity (Wildman–Crippen MR) is 174 cm³/mol. The fraction of sp³-hybridized carbons (Fsp3) is 0.343. The van der Waals surface area contributed by atoms with Gasteiger partial charge in [0, 0.05) is 41.9 Å². The molecule has 0 saturated carbocycles. The Morgan fingerprint density at radius 3 is 2.31 bits per heavy atom. The number of aliphatic hydroxyl groups is 1. The molecule has 1 amide bonds. The molecular weight excluding hydrogens is 612 g/mol. The number of ether oxygens (including phenoxy) is 2. The van der Waals surface area contributed by atoms with Gasteiger partial charge in [-0.1, -0.05) is 41.9 Å². The zero-order valence-electron chi connectivity index (χ0n) is 25.7. The smallest absolute Gasteiger partial charge is 0.264 e. The number of benzene rings is 3. The van der Waals surface area contributed by atoms with Gasteiger partial charge in [0.05, 0.1) is 25.2 Å². The molecule has 1 heterocycles. The van der Waals surface area contributed by atoms with E-state index < -0.39 is 22.0 Å². The van der Waals surface area contributed by atoms with E-state index >= 15 is 0 Å². The molecule has 1 aliphatic carbocycles. The standard InChI is InChI=1S/C35H39ClN2O6S/c1-23-32(43-2)18-28(19-33(23)44-3)35(40)29(17-25-15-26-7-4-5-8-27(26)16-25)22-38-14-13-24(21-38)11-12-34(39)37-45(41,42)31-10-6-9-30(36)20-31/h4-10,13-14,18-21,25,29,35,40H,11-12,15-17,22H2,1-3H3,(H,37,39)/t29-,35-/m1/s1. The molecule has 45 heavy (non-hydrogen) atoms. The van der Waals surface area contributed by atoms with Crippen LogP contribution in [-0.4, -0.2) is 38.2 Å². The Labute approximate surface area is 270 Å². The maximum Gasteiger partial charge on any atom is 0.264 e. The lowest BCUT2D eigenvalue weighted by molar-refractivity contribution is -0.119. The molecule has 0 unspecified atom stereocenters. The van der Waals surface area contributed by atoms with Crippen LogP contribution < -0.4 is 14.2 Å². The number of hydrogen-bond donors (Lipinski definition) is 2. The summed E-state index contributed by atoms with van der Waals surface area (Å²) in [6.45, 7) is 2.48. The average Bonchev–Trinajstić information content (AvgIpc) is 3.65. The number of halogens is 1. The molecular formula is C35H39ClN2O6S. The lowest BCUT2D eigenvalue weighted by Crippen LogP contribution is -2.30. The number of nitrogens with one attached hydrogen (secondary N) is 1. The number of nitrogens with zero attached hydrogens (tertiary/aromatic N) is 1. The topological polar surface area (TPSA) is 107 Å². The Morgan fingerprint density at radius 1 is 1.02 bits per heavy atom. The molecule has 4 aromatic rings. The third-order valence-corrected chi connectivity index (χ3v) is 10.2. The van der Waals surface area contributed by atoms with Gasteiger partial charge in [-0.15, -0.1) is 0 Å². The van der Waals surface area contributed by atoms with Crippen molar-refractivity contribution in [3.8, 4) is 11.5 Å². The van der Waals surface area contributed by atoms with E-state index in [1.165, 1.54) is 29.3 Å². The van der Waals surface area contributed by atoms with Gasteiger partial charge in [0.2, 0.25) is 5.91 Å². The van der Waals surface area contributed by atoms with Gasteiger partial charge < -0.3 is 19.1 Å². The number of rotatable bonds is 13. The first-order chi connectivity index (χ1) is 21.6. The number of hydrogen-bond acceptors (Lipinski definition) is 6. The van der Waals surface area contributed by atoms with Crippen molar-refractivity contribution in [1.29, 1.82) is 0 Å². The van der Waals surface area contributed by atoms with E-state index in [4.69, 9.17) is 21.1 Å². The molecule has 0 aliphatic heterocycles. The predicted octanol–water partition coefficient (Wildman–Crippen LogP) is 6.06. The van der Waals surface area contributed by atoms with Gasteiger partial charge in [-0.25, -0.2) is 13.1 Å². The van der Waals surface area contributed by atoms with Crippen molar-refractivity contribution in [2.24, 2.45) is 11.8 Å². The SMILES string of the molecule is COc1cc([C@@H](O)[C@H](CC2Cc3ccccc3C2)Cn2ccc(CCC(=O)NS(=O)(=O)c3cccc(Cl)c3)c2)cc(OC)c1C. The molecule has 0 spiro atoms. The fourth-order valence-corrected chi connectivity index (χ4v) is 7.59. The second-order valence-electron chi connectivity index (χ2n) is 11.7. The highest BCUT2D eigenvalue weighted by atomic mass is 35.5. The van der Waals surface area contributed by atoms with E-state index in [1.807, 2.05) is 42.1 Å². The molecule has 3 aromatic carbocycles. The maximum absolute atomic E-state index is 12.6. The molecule has 238 valence electrons. The molecule has 1 aliphatic rings. The molecule has 8 nitrogen and oxygen atoms in total. The first-order valence-electron chi connectivity index (χ1n) is 15.0. The highest BCUT2D eigenvalue weighted by Crippen LogP contribution is 2.39. The van der Waals surface area contributed by atoms with Crippen LogP contribution in [0, 0.1) is 18.8 Å². The molecule has 2 N–H and O–H groups in total. The largest absolute Gasteiger partial charge is 0.496 e. The Morgan fingerprint density at radius 2 is 1.69 bits per heavy atom. The number of carbonyl (C=O) groups is 1. The van der Waals surface area contributed by atoms with Crippen LogP contribution in [0.15, 0.2) is 84.0 Å². The Kier molecular flexibility index (Phi) is 10.2. The monoisotopic (exact) mass is 650 g/mol. The fourth-order valence-electron chi connectivity index (χ4n) is 6.27. The average molecular weight is 651 g/mol. The number of aryl methyl sites for hydroxylation is 1. The number of aromatic nitrogens is 1. The van der Waals surface area contributed by atoms with E-state index in [0.29, 0.717) is 30.4 Å². The van der Waals surface area contributed by atoms with Gasteiger partial charge in [0.25, 0.3) is 10.0 Å². The van der Waals surface area contributed by atoms with Crippen molar-refractivity contribution in [2.75, 3.05) is 14.2 Å². The number of sulfonamides is 1. The first-order valence-corrected chi connectivity index (χ1v) is 16.9. The highest BCUT2D eigenvalue weighted by molar-refractivity contribution is 7.90. The molecule has 0 bridgehead atoms. The van der Waals surface area contributed by atoms with Gasteiger partial charge in [-0.05, 0) is 97.2 Å². The second-order valence-corrected chi connectivity index (χ2v) is 13.9. The van der Waals surface area contributed by atoms with E-state index in [0.717, 1.165) is 36.0 Å². The second kappa shape index (κ2) is 14.1. The summed E-state index contributed by atoms with van der Waals surface area (Å²) >= 11 is 5.92. The Balaban J connectivity index is 1.29. The van der Waals surface area contributed by atoms with Gasteiger partial charge >= 0.3 is 0 Å². The molecule has 5 rings (SSSR count). The molecule has 0 saturated heterocycles. The Hall–Kier alpha value is -3.79. The normalized spacial score (nSPS) is 14.5. The van der Waals surface area contributed by atoms with Gasteiger partial charge in [-0.3, -0.25) is 4.79 Å². The summed E-state index contributed by atoms with van der Waals surface area (Å²) in [7, 11) is -0.791. The van der Waals surface area contributed by atoms with E-state index in [-0.39, 0.29) is 22.3 Å². The van der Waals surface area contributed by atoms with Gasteiger partial charge in [0.15, 0.2) is 0 Å². The number of aliphatic hydroxyl groups excluding tert-OH is 1. The van der Waals surface area contributed by atoms with E-state index in [1.54, 1.807) is 20.3 Å². The first kappa shape index (κ1) is 32.6. The van der Waals surface area contributed by atoms with Crippen LogP contribution in [-0.2, 0) is 40.6 Å². The summed E-state index contributed by atoms with van der Waals surface area (Å²) in [4.78, 5) is 12.5. The summed E-state index contributed by atoms with van der Waals surface area (Å²) in [5.41, 5.74) is 5.24.